The first-order valence-electron chi connectivity index (χ1n) is 9.00. The van der Waals surface area contributed by atoms with Crippen LogP contribution in [0.5, 0.6) is 11.5 Å². The van der Waals surface area contributed by atoms with Crippen LogP contribution in [0.3, 0.4) is 0 Å². The normalized spacial score (nSPS) is 18.1. The van der Waals surface area contributed by atoms with Gasteiger partial charge in [-0.2, -0.15) is 11.8 Å². The molecule has 1 atom stereocenters. The summed E-state index contributed by atoms with van der Waals surface area (Å²) in [5.74, 6) is 2.55. The molecule has 0 N–H and O–H groups in total. The van der Waals surface area contributed by atoms with Crippen molar-refractivity contribution in [3.05, 3.63) is 23.8 Å². The zero-order chi connectivity index (χ0) is 17.4. The van der Waals surface area contributed by atoms with Crippen molar-refractivity contribution in [2.75, 3.05) is 32.1 Å². The number of hydrogen-bond donors (Lipinski definition) is 0. The van der Waals surface area contributed by atoms with Crippen LogP contribution in [-0.4, -0.2) is 48.1 Å². The third kappa shape index (κ3) is 5.07. The van der Waals surface area contributed by atoms with Crippen LogP contribution in [-0.2, 0) is 0 Å². The van der Waals surface area contributed by atoms with Crippen LogP contribution in [0.15, 0.2) is 18.2 Å². The van der Waals surface area contributed by atoms with Gasteiger partial charge in [0.15, 0.2) is 11.5 Å². The molecule has 0 spiro atoms. The Morgan fingerprint density at radius 3 is 2.62 bits per heavy atom. The number of carbonyl (C=O) groups excluding carboxylic acids is 1. The molecule has 1 aromatic rings. The number of nitrogens with zero attached hydrogens (tertiary/aromatic N) is 1. The van der Waals surface area contributed by atoms with Gasteiger partial charge in [-0.3, -0.25) is 4.79 Å². The number of rotatable bonds is 7. The standard InChI is InChI=1S/C19H29NO3S/c1-4-22-17-11-10-15(13-18(17)23-5-2)19(21)20-12-8-7-9-16(14-20)24-6-3/h10-11,13,16H,4-9,12,14H2,1-3H3. The molecule has 1 amide bonds. The van der Waals surface area contributed by atoms with E-state index in [-0.39, 0.29) is 5.91 Å². The number of hydrogen-bond acceptors (Lipinski definition) is 4. The Morgan fingerprint density at radius 2 is 1.92 bits per heavy atom. The molecule has 0 bridgehead atoms. The highest BCUT2D eigenvalue weighted by molar-refractivity contribution is 7.99. The van der Waals surface area contributed by atoms with Gasteiger partial charge in [0.05, 0.1) is 13.2 Å². The van der Waals surface area contributed by atoms with Gasteiger partial charge in [0.2, 0.25) is 0 Å². The predicted octanol–water partition coefficient (Wildman–Crippen LogP) is 4.23. The Kier molecular flexibility index (Phi) is 7.76. The van der Waals surface area contributed by atoms with Gasteiger partial charge in [-0.05, 0) is 50.6 Å². The van der Waals surface area contributed by atoms with Gasteiger partial charge < -0.3 is 14.4 Å². The first-order chi connectivity index (χ1) is 11.7. The summed E-state index contributed by atoms with van der Waals surface area (Å²) in [4.78, 5) is 15.0. The maximum atomic E-state index is 12.9. The summed E-state index contributed by atoms with van der Waals surface area (Å²) in [6.07, 6.45) is 3.49. The molecule has 0 saturated carbocycles. The largest absolute Gasteiger partial charge is 0.490 e. The Labute approximate surface area is 149 Å². The van der Waals surface area contributed by atoms with Crippen molar-refractivity contribution < 1.29 is 14.3 Å². The van der Waals surface area contributed by atoms with E-state index in [1.54, 1.807) is 0 Å². The fourth-order valence-corrected chi connectivity index (χ4v) is 4.12. The van der Waals surface area contributed by atoms with Crippen LogP contribution < -0.4 is 9.47 Å². The van der Waals surface area contributed by atoms with Crippen molar-refractivity contribution in [2.45, 2.75) is 45.3 Å². The molecule has 5 heteroatoms. The van der Waals surface area contributed by atoms with Gasteiger partial charge in [-0.15, -0.1) is 0 Å². The first kappa shape index (κ1) is 19.0. The van der Waals surface area contributed by atoms with Crippen LogP contribution in [0.4, 0.5) is 0 Å². The number of ether oxygens (including phenoxy) is 2. The summed E-state index contributed by atoms with van der Waals surface area (Å²) in [5.41, 5.74) is 0.684. The predicted molar refractivity (Wildman–Crippen MR) is 100 cm³/mol. The molecule has 134 valence electrons. The van der Waals surface area contributed by atoms with Gasteiger partial charge in [0.25, 0.3) is 5.91 Å². The molecule has 4 nitrogen and oxygen atoms in total. The average molecular weight is 352 g/mol. The van der Waals surface area contributed by atoms with E-state index < -0.39 is 0 Å². The van der Waals surface area contributed by atoms with E-state index in [1.165, 1.54) is 12.8 Å². The van der Waals surface area contributed by atoms with Crippen LogP contribution in [0.25, 0.3) is 0 Å². The molecule has 0 radical (unpaired) electrons. The van der Waals surface area contributed by atoms with E-state index in [9.17, 15) is 4.79 Å². The number of amides is 1. The number of thioether (sulfide) groups is 1. The minimum absolute atomic E-state index is 0.0996. The quantitative estimate of drug-likeness (QED) is 0.737. The Bertz CT molecular complexity index is 535. The second-order valence-corrected chi connectivity index (χ2v) is 7.43. The summed E-state index contributed by atoms with van der Waals surface area (Å²) in [6.45, 7) is 8.88. The molecule has 1 fully saturated rings. The Balaban J connectivity index is 2.16. The molecule has 1 aliphatic rings. The number of carbonyl (C=O) groups is 1. The summed E-state index contributed by atoms with van der Waals surface area (Å²) in [7, 11) is 0. The highest BCUT2D eigenvalue weighted by Gasteiger charge is 2.23. The lowest BCUT2D eigenvalue weighted by Gasteiger charge is -2.24. The molecule has 0 aliphatic carbocycles. The lowest BCUT2D eigenvalue weighted by molar-refractivity contribution is 0.0763. The SMILES string of the molecule is CCOc1ccc(C(=O)N2CCCCC(SCC)C2)cc1OCC. The fourth-order valence-electron chi connectivity index (χ4n) is 3.03. The smallest absolute Gasteiger partial charge is 0.254 e. The minimum Gasteiger partial charge on any atom is -0.490 e. The maximum absolute atomic E-state index is 12.9. The van der Waals surface area contributed by atoms with Gasteiger partial charge >= 0.3 is 0 Å². The summed E-state index contributed by atoms with van der Waals surface area (Å²) in [6, 6.07) is 5.52. The van der Waals surface area contributed by atoms with Gasteiger partial charge in [-0.25, -0.2) is 0 Å². The summed E-state index contributed by atoms with van der Waals surface area (Å²) in [5, 5.41) is 0.551. The topological polar surface area (TPSA) is 38.8 Å². The molecule has 1 heterocycles. The molecule has 1 saturated heterocycles. The second kappa shape index (κ2) is 9.82. The zero-order valence-electron chi connectivity index (χ0n) is 15.0. The third-order valence-corrected chi connectivity index (χ3v) is 5.30. The number of likely N-dealkylation sites (tertiary alicyclic amines) is 1. The van der Waals surface area contributed by atoms with Crippen LogP contribution in [0.2, 0.25) is 0 Å². The van der Waals surface area contributed by atoms with Crippen molar-refractivity contribution in [3.8, 4) is 11.5 Å². The maximum Gasteiger partial charge on any atom is 0.254 e. The molecule has 1 unspecified atom stereocenters. The molecule has 1 aromatic carbocycles. The average Bonchev–Trinajstić information content (AvgIpc) is 2.82. The van der Waals surface area contributed by atoms with Gasteiger partial charge in [0, 0.05) is 23.9 Å². The summed E-state index contributed by atoms with van der Waals surface area (Å²) >= 11 is 1.96. The molecule has 0 aromatic heterocycles. The van der Waals surface area contributed by atoms with E-state index in [0.29, 0.717) is 35.5 Å². The van der Waals surface area contributed by atoms with Crippen LogP contribution in [0, 0.1) is 0 Å². The lowest BCUT2D eigenvalue weighted by atomic mass is 10.1. The van der Waals surface area contributed by atoms with Crippen LogP contribution in [0.1, 0.15) is 50.4 Å². The van der Waals surface area contributed by atoms with E-state index in [2.05, 4.69) is 6.92 Å². The van der Waals surface area contributed by atoms with Crippen molar-refractivity contribution in [1.82, 2.24) is 4.90 Å². The lowest BCUT2D eigenvalue weighted by Crippen LogP contribution is -2.35. The second-order valence-electron chi connectivity index (χ2n) is 5.85. The highest BCUT2D eigenvalue weighted by atomic mass is 32.2. The van der Waals surface area contributed by atoms with Crippen molar-refractivity contribution in [2.24, 2.45) is 0 Å². The zero-order valence-corrected chi connectivity index (χ0v) is 15.9. The third-order valence-electron chi connectivity index (χ3n) is 4.11. The Hall–Kier alpha value is -1.36. The van der Waals surface area contributed by atoms with Crippen molar-refractivity contribution in [3.63, 3.8) is 0 Å². The van der Waals surface area contributed by atoms with E-state index in [1.807, 2.05) is 48.7 Å². The molecular weight excluding hydrogens is 322 g/mol. The molecule has 24 heavy (non-hydrogen) atoms. The van der Waals surface area contributed by atoms with Gasteiger partial charge in [-0.1, -0.05) is 13.3 Å². The van der Waals surface area contributed by atoms with E-state index in [4.69, 9.17) is 9.47 Å². The van der Waals surface area contributed by atoms with E-state index >= 15 is 0 Å². The van der Waals surface area contributed by atoms with Crippen LogP contribution >= 0.6 is 11.8 Å². The van der Waals surface area contributed by atoms with Gasteiger partial charge in [0.1, 0.15) is 0 Å². The van der Waals surface area contributed by atoms with Crippen molar-refractivity contribution in [1.29, 1.82) is 0 Å². The number of benzene rings is 1. The molecule has 2 rings (SSSR count). The molecular formula is C19H29NO3S. The van der Waals surface area contributed by atoms with Crippen molar-refractivity contribution >= 4 is 17.7 Å². The molecule has 1 aliphatic heterocycles. The summed E-state index contributed by atoms with van der Waals surface area (Å²) < 4.78 is 11.2. The monoisotopic (exact) mass is 351 g/mol. The fraction of sp³-hybridized carbons (Fsp3) is 0.632. The highest BCUT2D eigenvalue weighted by Crippen LogP contribution is 2.30. The Morgan fingerprint density at radius 1 is 1.17 bits per heavy atom. The van der Waals surface area contributed by atoms with E-state index in [0.717, 1.165) is 25.3 Å². The minimum atomic E-state index is 0.0996. The first-order valence-corrected chi connectivity index (χ1v) is 10.0.